The molecular weight excluding hydrogens is 401 g/mol. The van der Waals surface area contributed by atoms with E-state index in [0.717, 1.165) is 37.2 Å². The molecule has 2 N–H and O–H groups in total. The molecule has 0 aromatic heterocycles. The molecule has 1 aliphatic carbocycles. The van der Waals surface area contributed by atoms with Gasteiger partial charge in [-0.2, -0.15) is 0 Å². The average molecular weight is 431 g/mol. The van der Waals surface area contributed by atoms with Gasteiger partial charge in [-0.3, -0.25) is 4.99 Å². The first-order chi connectivity index (χ1) is 10.6. The molecule has 0 bridgehead atoms. The summed E-state index contributed by atoms with van der Waals surface area (Å²) in [6.45, 7) is 8.22. The van der Waals surface area contributed by atoms with Crippen molar-refractivity contribution in [3.8, 4) is 5.75 Å². The maximum atomic E-state index is 5.70. The third-order valence-corrected chi connectivity index (χ3v) is 3.87. The highest BCUT2D eigenvalue weighted by Crippen LogP contribution is 2.28. The SMILES string of the molecule is CN=C(NCCc1ccc(OCC(C)C)cc1)NC1CC1C.I. The van der Waals surface area contributed by atoms with Crippen molar-refractivity contribution in [1.82, 2.24) is 10.6 Å². The molecule has 0 spiro atoms. The minimum absolute atomic E-state index is 0. The van der Waals surface area contributed by atoms with Crippen molar-refractivity contribution >= 4 is 29.9 Å². The molecule has 23 heavy (non-hydrogen) atoms. The first-order valence-corrected chi connectivity index (χ1v) is 8.27. The van der Waals surface area contributed by atoms with E-state index in [2.05, 4.69) is 60.7 Å². The number of hydrogen-bond donors (Lipinski definition) is 2. The Morgan fingerprint density at radius 1 is 1.30 bits per heavy atom. The van der Waals surface area contributed by atoms with Gasteiger partial charge in [-0.05, 0) is 42.4 Å². The molecule has 1 saturated carbocycles. The fraction of sp³-hybridized carbons (Fsp3) is 0.611. The summed E-state index contributed by atoms with van der Waals surface area (Å²) in [5.74, 6) is 3.19. The molecule has 1 aromatic carbocycles. The van der Waals surface area contributed by atoms with Gasteiger partial charge in [0.25, 0.3) is 0 Å². The molecule has 2 unspecified atom stereocenters. The quantitative estimate of drug-likeness (QED) is 0.395. The first kappa shape index (κ1) is 20.1. The zero-order valence-electron chi connectivity index (χ0n) is 14.6. The summed E-state index contributed by atoms with van der Waals surface area (Å²) < 4.78 is 5.70. The van der Waals surface area contributed by atoms with Crippen LogP contribution in [0.25, 0.3) is 0 Å². The lowest BCUT2D eigenvalue weighted by Crippen LogP contribution is -2.39. The van der Waals surface area contributed by atoms with Gasteiger partial charge in [0.05, 0.1) is 6.61 Å². The average Bonchev–Trinajstić information content (AvgIpc) is 3.20. The Bertz CT molecular complexity index is 488. The second-order valence-electron chi connectivity index (χ2n) is 6.56. The van der Waals surface area contributed by atoms with Gasteiger partial charge in [0.15, 0.2) is 5.96 Å². The maximum absolute atomic E-state index is 5.70. The molecule has 2 atom stereocenters. The molecule has 0 heterocycles. The molecule has 0 aliphatic heterocycles. The number of rotatable bonds is 7. The highest BCUT2D eigenvalue weighted by atomic mass is 127. The molecule has 1 aromatic rings. The smallest absolute Gasteiger partial charge is 0.191 e. The van der Waals surface area contributed by atoms with Crippen LogP contribution in [-0.2, 0) is 6.42 Å². The van der Waals surface area contributed by atoms with Gasteiger partial charge in [0.2, 0.25) is 0 Å². The molecule has 130 valence electrons. The van der Waals surface area contributed by atoms with E-state index in [1.807, 2.05) is 7.05 Å². The minimum Gasteiger partial charge on any atom is -0.493 e. The topological polar surface area (TPSA) is 45.7 Å². The van der Waals surface area contributed by atoms with Gasteiger partial charge in [-0.25, -0.2) is 0 Å². The maximum Gasteiger partial charge on any atom is 0.191 e. The van der Waals surface area contributed by atoms with Crippen LogP contribution in [0.3, 0.4) is 0 Å². The first-order valence-electron chi connectivity index (χ1n) is 8.27. The van der Waals surface area contributed by atoms with Crippen LogP contribution in [-0.4, -0.2) is 32.2 Å². The van der Waals surface area contributed by atoms with Gasteiger partial charge >= 0.3 is 0 Å². The lowest BCUT2D eigenvalue weighted by atomic mass is 10.1. The summed E-state index contributed by atoms with van der Waals surface area (Å²) in [6, 6.07) is 8.98. The summed E-state index contributed by atoms with van der Waals surface area (Å²) in [7, 11) is 1.82. The van der Waals surface area contributed by atoms with E-state index in [1.165, 1.54) is 12.0 Å². The van der Waals surface area contributed by atoms with Crippen molar-refractivity contribution in [2.75, 3.05) is 20.2 Å². The number of nitrogens with zero attached hydrogens (tertiary/aromatic N) is 1. The standard InChI is InChI=1S/C18H29N3O.HI/c1-13(2)12-22-16-7-5-15(6-8-16)9-10-20-18(19-4)21-17-11-14(17)3;/h5-8,13-14,17H,9-12H2,1-4H3,(H2,19,20,21);1H. The second kappa shape index (κ2) is 10.0. The highest BCUT2D eigenvalue weighted by Gasteiger charge is 2.33. The van der Waals surface area contributed by atoms with Crippen LogP contribution < -0.4 is 15.4 Å². The molecule has 2 rings (SSSR count). The normalized spacial score (nSPS) is 20.0. The number of aliphatic imine (C=N–C) groups is 1. The van der Waals surface area contributed by atoms with E-state index in [1.54, 1.807) is 0 Å². The predicted octanol–water partition coefficient (Wildman–Crippen LogP) is 3.46. The predicted molar refractivity (Wildman–Crippen MR) is 108 cm³/mol. The number of guanidine groups is 1. The van der Waals surface area contributed by atoms with Crippen LogP contribution in [0.15, 0.2) is 29.3 Å². The number of hydrogen-bond acceptors (Lipinski definition) is 2. The van der Waals surface area contributed by atoms with Crippen molar-refractivity contribution in [1.29, 1.82) is 0 Å². The van der Waals surface area contributed by atoms with Crippen molar-refractivity contribution in [2.45, 2.75) is 39.7 Å². The van der Waals surface area contributed by atoms with Crippen LogP contribution >= 0.6 is 24.0 Å². The van der Waals surface area contributed by atoms with Crippen LogP contribution in [0, 0.1) is 11.8 Å². The zero-order chi connectivity index (χ0) is 15.9. The molecule has 0 saturated heterocycles. The zero-order valence-corrected chi connectivity index (χ0v) is 17.0. The van der Waals surface area contributed by atoms with E-state index in [0.29, 0.717) is 12.0 Å². The summed E-state index contributed by atoms with van der Waals surface area (Å²) in [4.78, 5) is 4.26. The minimum atomic E-state index is 0. The Hall–Kier alpha value is -0.980. The van der Waals surface area contributed by atoms with E-state index in [9.17, 15) is 0 Å². The van der Waals surface area contributed by atoms with E-state index in [4.69, 9.17) is 4.74 Å². The fourth-order valence-electron chi connectivity index (χ4n) is 2.23. The monoisotopic (exact) mass is 431 g/mol. The molecule has 1 aliphatic rings. The van der Waals surface area contributed by atoms with E-state index >= 15 is 0 Å². The summed E-state index contributed by atoms with van der Waals surface area (Å²) in [6.07, 6.45) is 2.23. The van der Waals surface area contributed by atoms with E-state index in [-0.39, 0.29) is 24.0 Å². The van der Waals surface area contributed by atoms with Crippen LogP contribution in [0.4, 0.5) is 0 Å². The Labute approximate surface area is 157 Å². The Kier molecular flexibility index (Phi) is 8.73. The third kappa shape index (κ3) is 7.42. The molecule has 0 amide bonds. The van der Waals surface area contributed by atoms with Gasteiger partial charge in [0.1, 0.15) is 5.75 Å². The summed E-state index contributed by atoms with van der Waals surface area (Å²) in [5, 5.41) is 6.80. The van der Waals surface area contributed by atoms with Crippen LogP contribution in [0.2, 0.25) is 0 Å². The number of nitrogens with one attached hydrogen (secondary N) is 2. The van der Waals surface area contributed by atoms with Crippen LogP contribution in [0.5, 0.6) is 5.75 Å². The Morgan fingerprint density at radius 3 is 2.48 bits per heavy atom. The lowest BCUT2D eigenvalue weighted by Gasteiger charge is -2.12. The highest BCUT2D eigenvalue weighted by molar-refractivity contribution is 14.0. The molecule has 1 fully saturated rings. The van der Waals surface area contributed by atoms with Gasteiger partial charge in [-0.1, -0.05) is 32.9 Å². The van der Waals surface area contributed by atoms with Crippen molar-refractivity contribution in [2.24, 2.45) is 16.8 Å². The van der Waals surface area contributed by atoms with E-state index < -0.39 is 0 Å². The fourth-order valence-corrected chi connectivity index (χ4v) is 2.23. The molecule has 4 nitrogen and oxygen atoms in total. The summed E-state index contributed by atoms with van der Waals surface area (Å²) in [5.41, 5.74) is 1.31. The Balaban J connectivity index is 0.00000264. The number of halogens is 1. The lowest BCUT2D eigenvalue weighted by molar-refractivity contribution is 0.271. The largest absolute Gasteiger partial charge is 0.493 e. The second-order valence-corrected chi connectivity index (χ2v) is 6.56. The molecule has 5 heteroatoms. The number of benzene rings is 1. The summed E-state index contributed by atoms with van der Waals surface area (Å²) >= 11 is 0. The van der Waals surface area contributed by atoms with Crippen molar-refractivity contribution < 1.29 is 4.74 Å². The van der Waals surface area contributed by atoms with Crippen LogP contribution in [0.1, 0.15) is 32.8 Å². The third-order valence-electron chi connectivity index (χ3n) is 3.87. The van der Waals surface area contributed by atoms with Crippen molar-refractivity contribution in [3.63, 3.8) is 0 Å². The van der Waals surface area contributed by atoms with Gasteiger partial charge in [0, 0.05) is 19.6 Å². The van der Waals surface area contributed by atoms with Gasteiger partial charge in [-0.15, -0.1) is 24.0 Å². The Morgan fingerprint density at radius 2 is 1.96 bits per heavy atom. The molecule has 0 radical (unpaired) electrons. The van der Waals surface area contributed by atoms with Gasteiger partial charge < -0.3 is 15.4 Å². The molecular formula is C18H30IN3O. The number of ether oxygens (including phenoxy) is 1. The van der Waals surface area contributed by atoms with Crippen molar-refractivity contribution in [3.05, 3.63) is 29.8 Å².